The van der Waals surface area contributed by atoms with Crippen molar-refractivity contribution in [3.63, 3.8) is 0 Å². The first-order valence-corrected chi connectivity index (χ1v) is 11.0. The van der Waals surface area contributed by atoms with Crippen LogP contribution in [0.25, 0.3) is 18.2 Å². The predicted octanol–water partition coefficient (Wildman–Crippen LogP) is 3.74. The van der Waals surface area contributed by atoms with Crippen LogP contribution in [0.2, 0.25) is 0 Å². The second-order valence-electron chi connectivity index (χ2n) is 7.18. The Labute approximate surface area is 189 Å². The monoisotopic (exact) mass is 442 g/mol. The van der Waals surface area contributed by atoms with E-state index in [0.29, 0.717) is 20.6 Å². The minimum atomic E-state index is -0.598. The van der Waals surface area contributed by atoms with Gasteiger partial charge in [-0.1, -0.05) is 96.3 Å². The number of esters is 1. The number of ether oxygens (including phenoxy) is 1. The largest absolute Gasteiger partial charge is 0.466 e. The summed E-state index contributed by atoms with van der Waals surface area (Å²) in [6.45, 7) is 1.77. The summed E-state index contributed by atoms with van der Waals surface area (Å²) in [6, 6.07) is 19.0. The van der Waals surface area contributed by atoms with E-state index in [1.54, 1.807) is 17.6 Å². The normalized spacial score (nSPS) is 16.4. The Kier molecular flexibility index (Phi) is 6.42. The first kappa shape index (κ1) is 21.5. The maximum atomic E-state index is 13.3. The highest BCUT2D eigenvalue weighted by atomic mass is 32.1. The maximum Gasteiger partial charge on any atom is 0.338 e. The van der Waals surface area contributed by atoms with Gasteiger partial charge in [-0.25, -0.2) is 9.79 Å². The number of methoxy groups -OCH3 is 1. The van der Waals surface area contributed by atoms with Gasteiger partial charge in [0.15, 0.2) is 4.80 Å². The molecule has 1 unspecified atom stereocenters. The van der Waals surface area contributed by atoms with Crippen molar-refractivity contribution in [3.8, 4) is 0 Å². The van der Waals surface area contributed by atoms with E-state index >= 15 is 0 Å². The van der Waals surface area contributed by atoms with Crippen LogP contribution in [0, 0.1) is 0 Å². The number of thiazole rings is 1. The van der Waals surface area contributed by atoms with Crippen LogP contribution in [0.4, 0.5) is 0 Å². The van der Waals surface area contributed by atoms with E-state index in [4.69, 9.17) is 4.74 Å². The summed E-state index contributed by atoms with van der Waals surface area (Å²) >= 11 is 1.30. The van der Waals surface area contributed by atoms with Crippen molar-refractivity contribution in [3.05, 3.63) is 115 Å². The van der Waals surface area contributed by atoms with E-state index < -0.39 is 12.0 Å². The zero-order valence-corrected chi connectivity index (χ0v) is 18.6. The zero-order chi connectivity index (χ0) is 22.5. The van der Waals surface area contributed by atoms with Crippen molar-refractivity contribution in [2.24, 2.45) is 4.99 Å². The highest BCUT2D eigenvalue weighted by Crippen LogP contribution is 2.26. The summed E-state index contributed by atoms with van der Waals surface area (Å²) in [4.78, 5) is 30.9. The zero-order valence-electron chi connectivity index (χ0n) is 17.8. The van der Waals surface area contributed by atoms with Gasteiger partial charge in [0, 0.05) is 0 Å². The van der Waals surface area contributed by atoms with Crippen LogP contribution in [-0.4, -0.2) is 17.6 Å². The van der Waals surface area contributed by atoms with Gasteiger partial charge in [-0.05, 0) is 24.1 Å². The number of carbonyl (C=O) groups is 1. The van der Waals surface area contributed by atoms with Gasteiger partial charge in [-0.15, -0.1) is 0 Å². The molecule has 3 aromatic rings. The number of rotatable bonds is 5. The van der Waals surface area contributed by atoms with Crippen LogP contribution in [0.1, 0.15) is 24.1 Å². The lowest BCUT2D eigenvalue weighted by atomic mass is 10.0. The smallest absolute Gasteiger partial charge is 0.338 e. The second kappa shape index (κ2) is 9.58. The fraction of sp³-hybridized carbons (Fsp3) is 0.115. The fourth-order valence-corrected chi connectivity index (χ4v) is 4.52. The van der Waals surface area contributed by atoms with Crippen molar-refractivity contribution < 1.29 is 9.53 Å². The molecule has 32 heavy (non-hydrogen) atoms. The lowest BCUT2D eigenvalue weighted by Crippen LogP contribution is -2.38. The number of benzene rings is 2. The molecule has 0 aliphatic carbocycles. The molecule has 1 atom stereocenters. The van der Waals surface area contributed by atoms with Gasteiger partial charge in [0.25, 0.3) is 5.56 Å². The van der Waals surface area contributed by atoms with E-state index in [-0.39, 0.29) is 5.56 Å². The average molecular weight is 443 g/mol. The van der Waals surface area contributed by atoms with Crippen LogP contribution in [0.15, 0.2) is 93.9 Å². The Morgan fingerprint density at radius 1 is 1.03 bits per heavy atom. The van der Waals surface area contributed by atoms with Crippen molar-refractivity contribution in [1.82, 2.24) is 4.57 Å². The quantitative estimate of drug-likeness (QED) is 0.566. The number of hydrogen-bond donors (Lipinski definition) is 0. The maximum absolute atomic E-state index is 13.3. The Balaban J connectivity index is 1.80. The third-order valence-corrected chi connectivity index (χ3v) is 6.08. The molecule has 1 aliphatic rings. The SMILES string of the molecule is COC(=O)C1=C(C)N=c2s/c(=C\C=C\c3ccccc3)c(=O)n2C1/C=C/c1ccccc1. The van der Waals surface area contributed by atoms with Crippen LogP contribution in [0.3, 0.4) is 0 Å². The Morgan fingerprint density at radius 2 is 1.66 bits per heavy atom. The molecule has 0 radical (unpaired) electrons. The predicted molar refractivity (Wildman–Crippen MR) is 129 cm³/mol. The third-order valence-electron chi connectivity index (χ3n) is 5.08. The number of carbonyl (C=O) groups excluding carboxylic acids is 1. The van der Waals surface area contributed by atoms with Crippen LogP contribution in [0.5, 0.6) is 0 Å². The topological polar surface area (TPSA) is 60.7 Å². The van der Waals surface area contributed by atoms with Gasteiger partial charge in [0.05, 0.1) is 29.0 Å². The number of hydrogen-bond acceptors (Lipinski definition) is 5. The first-order valence-electron chi connectivity index (χ1n) is 10.1. The summed E-state index contributed by atoms with van der Waals surface area (Å²) in [6.07, 6.45) is 9.33. The lowest BCUT2D eigenvalue weighted by Gasteiger charge is -2.21. The highest BCUT2D eigenvalue weighted by Gasteiger charge is 2.29. The molecule has 0 amide bonds. The molecule has 0 spiro atoms. The third kappa shape index (κ3) is 4.45. The molecular formula is C26H22N2O3S. The summed E-state index contributed by atoms with van der Waals surface area (Å²) < 4.78 is 7.11. The fourth-order valence-electron chi connectivity index (χ4n) is 3.51. The number of aromatic nitrogens is 1. The Morgan fingerprint density at radius 3 is 2.28 bits per heavy atom. The Hall–Kier alpha value is -3.77. The van der Waals surface area contributed by atoms with E-state index in [2.05, 4.69) is 4.99 Å². The molecule has 1 aliphatic heterocycles. The van der Waals surface area contributed by atoms with Gasteiger partial charge in [0.2, 0.25) is 0 Å². The van der Waals surface area contributed by atoms with Gasteiger partial charge in [-0.3, -0.25) is 9.36 Å². The molecule has 0 N–H and O–H groups in total. The van der Waals surface area contributed by atoms with Crippen LogP contribution < -0.4 is 14.9 Å². The molecular weight excluding hydrogens is 420 g/mol. The van der Waals surface area contributed by atoms with Crippen molar-refractivity contribution >= 4 is 35.5 Å². The molecule has 0 saturated carbocycles. The molecule has 6 heteroatoms. The number of nitrogens with zero attached hydrogens (tertiary/aromatic N) is 2. The summed E-state index contributed by atoms with van der Waals surface area (Å²) in [5.41, 5.74) is 2.73. The molecule has 0 fully saturated rings. The highest BCUT2D eigenvalue weighted by molar-refractivity contribution is 7.07. The molecule has 5 nitrogen and oxygen atoms in total. The summed E-state index contributed by atoms with van der Waals surface area (Å²) in [7, 11) is 1.33. The molecule has 1 aromatic heterocycles. The first-order chi connectivity index (χ1) is 15.6. The summed E-state index contributed by atoms with van der Waals surface area (Å²) in [5.74, 6) is -0.493. The second-order valence-corrected chi connectivity index (χ2v) is 8.19. The minimum Gasteiger partial charge on any atom is -0.466 e. The average Bonchev–Trinajstić information content (AvgIpc) is 3.13. The molecule has 160 valence electrons. The van der Waals surface area contributed by atoms with Crippen LogP contribution in [-0.2, 0) is 9.53 Å². The van der Waals surface area contributed by atoms with Gasteiger partial charge < -0.3 is 4.74 Å². The Bertz CT molecular complexity index is 1390. The van der Waals surface area contributed by atoms with Crippen molar-refractivity contribution in [2.45, 2.75) is 13.0 Å². The molecule has 0 bridgehead atoms. The minimum absolute atomic E-state index is 0.192. The van der Waals surface area contributed by atoms with Gasteiger partial charge >= 0.3 is 5.97 Å². The van der Waals surface area contributed by atoms with Gasteiger partial charge in [-0.2, -0.15) is 0 Å². The molecule has 2 heterocycles. The van der Waals surface area contributed by atoms with E-state index in [1.165, 1.54) is 18.4 Å². The van der Waals surface area contributed by atoms with Gasteiger partial charge in [0.1, 0.15) is 0 Å². The molecule has 0 saturated heterocycles. The van der Waals surface area contributed by atoms with E-state index in [0.717, 1.165) is 11.1 Å². The number of fused-ring (bicyclic) bond motifs is 1. The number of allylic oxidation sites excluding steroid dienone is 3. The lowest BCUT2D eigenvalue weighted by molar-refractivity contribution is -0.136. The van der Waals surface area contributed by atoms with E-state index in [9.17, 15) is 9.59 Å². The standard InChI is InChI=1S/C26H22N2O3S/c1-18-23(25(30)31-2)21(17-16-20-12-7-4-8-13-20)28-24(29)22(32-26(28)27-18)15-9-14-19-10-5-3-6-11-19/h3-17,21H,1-2H3/b14-9+,17-16+,22-15-. The molecule has 2 aromatic carbocycles. The van der Waals surface area contributed by atoms with Crippen LogP contribution >= 0.6 is 11.3 Å². The van der Waals surface area contributed by atoms with Crippen molar-refractivity contribution in [1.29, 1.82) is 0 Å². The molecule has 4 rings (SSSR count). The van der Waals surface area contributed by atoms with E-state index in [1.807, 2.05) is 85.0 Å². The van der Waals surface area contributed by atoms with Crippen molar-refractivity contribution in [2.75, 3.05) is 7.11 Å². The summed E-state index contributed by atoms with van der Waals surface area (Å²) in [5, 5.41) is 0.